The number of halogens is 1. The number of sulfonamides is 1. The number of carbonyl (C=O) groups is 1. The fourth-order valence-corrected chi connectivity index (χ4v) is 6.34. The topological polar surface area (TPSA) is 119 Å². The minimum Gasteiger partial charge on any atom is -0.377 e. The molecule has 0 saturated carbocycles. The molecule has 8 nitrogen and oxygen atoms in total. The highest BCUT2D eigenvalue weighted by Gasteiger charge is 2.53. The van der Waals surface area contributed by atoms with Crippen LogP contribution in [0.15, 0.2) is 24.3 Å². The Morgan fingerprint density at radius 1 is 1.30 bits per heavy atom. The lowest BCUT2D eigenvalue weighted by Gasteiger charge is -2.41. The Hall–Kier alpha value is -1.23. The second-order valence-corrected chi connectivity index (χ2v) is 9.64. The molecule has 150 valence electrons. The van der Waals surface area contributed by atoms with Crippen LogP contribution in [0.1, 0.15) is 30.7 Å². The smallest absolute Gasteiger partial charge is 0.278 e. The molecule has 3 rings (SSSR count). The summed E-state index contributed by atoms with van der Waals surface area (Å²) in [6.07, 6.45) is 1.35. The average molecular weight is 418 g/mol. The largest absolute Gasteiger partial charge is 0.377 e. The lowest BCUT2D eigenvalue weighted by molar-refractivity contribution is -0.150. The van der Waals surface area contributed by atoms with Gasteiger partial charge in [0.15, 0.2) is 5.60 Å². The van der Waals surface area contributed by atoms with E-state index in [1.807, 2.05) is 18.2 Å². The molecule has 4 N–H and O–H groups in total. The van der Waals surface area contributed by atoms with Crippen molar-refractivity contribution >= 4 is 27.5 Å². The number of nitrogens with one attached hydrogen (secondary N) is 2. The lowest BCUT2D eigenvalue weighted by atomic mass is 9.90. The molecule has 0 bridgehead atoms. The van der Waals surface area contributed by atoms with Crippen molar-refractivity contribution in [1.29, 1.82) is 0 Å². The van der Waals surface area contributed by atoms with Crippen LogP contribution in [0, 0.1) is 0 Å². The van der Waals surface area contributed by atoms with Crippen molar-refractivity contribution in [3.8, 4) is 0 Å². The summed E-state index contributed by atoms with van der Waals surface area (Å²) in [5, 5.41) is 21.8. The van der Waals surface area contributed by atoms with Gasteiger partial charge in [0.1, 0.15) is 5.25 Å². The Bertz CT molecular complexity index is 798. The summed E-state index contributed by atoms with van der Waals surface area (Å²) in [7, 11) is -3.92. The van der Waals surface area contributed by atoms with E-state index in [-0.39, 0.29) is 18.9 Å². The van der Waals surface area contributed by atoms with E-state index < -0.39 is 26.8 Å². The summed E-state index contributed by atoms with van der Waals surface area (Å²) < 4.78 is 27.6. The zero-order chi connectivity index (χ0) is 19.7. The van der Waals surface area contributed by atoms with Gasteiger partial charge in [-0.15, -0.1) is 0 Å². The fourth-order valence-electron chi connectivity index (χ4n) is 3.97. The molecular weight excluding hydrogens is 394 g/mol. The Morgan fingerprint density at radius 3 is 2.63 bits per heavy atom. The molecule has 0 aliphatic carbocycles. The van der Waals surface area contributed by atoms with E-state index in [0.717, 1.165) is 5.56 Å². The monoisotopic (exact) mass is 417 g/mol. The summed E-state index contributed by atoms with van der Waals surface area (Å²) in [5.74, 6) is -0.903. The molecule has 10 heteroatoms. The first kappa shape index (κ1) is 20.5. The van der Waals surface area contributed by atoms with E-state index in [9.17, 15) is 18.3 Å². The van der Waals surface area contributed by atoms with E-state index in [2.05, 4.69) is 5.32 Å². The van der Waals surface area contributed by atoms with Gasteiger partial charge >= 0.3 is 0 Å². The zero-order valence-corrected chi connectivity index (χ0v) is 16.3. The second kappa shape index (κ2) is 8.02. The molecule has 0 radical (unpaired) electrons. The summed E-state index contributed by atoms with van der Waals surface area (Å²) in [5.41, 5.74) is 0.258. The molecule has 2 unspecified atom stereocenters. The third kappa shape index (κ3) is 3.98. The van der Waals surface area contributed by atoms with Gasteiger partial charge in [0.25, 0.3) is 5.91 Å². The minimum atomic E-state index is -3.92. The van der Waals surface area contributed by atoms with Gasteiger partial charge in [0.2, 0.25) is 10.0 Å². The normalized spacial score (nSPS) is 28.0. The van der Waals surface area contributed by atoms with Gasteiger partial charge in [-0.3, -0.25) is 10.0 Å². The number of piperidine rings is 2. The van der Waals surface area contributed by atoms with Crippen LogP contribution >= 0.6 is 11.6 Å². The van der Waals surface area contributed by atoms with Crippen LogP contribution in [0.2, 0.25) is 5.02 Å². The van der Waals surface area contributed by atoms with E-state index in [4.69, 9.17) is 16.8 Å². The first-order valence-corrected chi connectivity index (χ1v) is 10.8. The molecule has 2 atom stereocenters. The molecular formula is C17H24ClN3O5S. The first-order chi connectivity index (χ1) is 12.8. The maximum absolute atomic E-state index is 13.1. The molecule has 1 amide bonds. The third-order valence-corrected chi connectivity index (χ3v) is 8.16. The third-order valence-electron chi connectivity index (χ3n) is 5.50. The van der Waals surface area contributed by atoms with E-state index in [1.165, 1.54) is 9.79 Å². The van der Waals surface area contributed by atoms with Crippen LogP contribution in [0.3, 0.4) is 0 Å². The van der Waals surface area contributed by atoms with Crippen molar-refractivity contribution < 1.29 is 23.5 Å². The van der Waals surface area contributed by atoms with Crippen LogP contribution in [0.4, 0.5) is 0 Å². The van der Waals surface area contributed by atoms with Gasteiger partial charge < -0.3 is 10.4 Å². The number of hydroxylamine groups is 1. The summed E-state index contributed by atoms with van der Waals surface area (Å²) in [6, 6.07) is 7.56. The molecule has 2 fully saturated rings. The molecule has 27 heavy (non-hydrogen) atoms. The van der Waals surface area contributed by atoms with Crippen molar-refractivity contribution in [3.05, 3.63) is 34.9 Å². The van der Waals surface area contributed by atoms with Crippen molar-refractivity contribution in [2.75, 3.05) is 26.2 Å². The number of hydrogen-bond donors (Lipinski definition) is 4. The van der Waals surface area contributed by atoms with Crippen LogP contribution < -0.4 is 10.8 Å². The van der Waals surface area contributed by atoms with Crippen LogP contribution in [-0.2, 0) is 14.8 Å². The molecule has 2 aliphatic rings. The predicted molar refractivity (Wildman–Crippen MR) is 100 cm³/mol. The van der Waals surface area contributed by atoms with E-state index in [1.54, 1.807) is 6.07 Å². The van der Waals surface area contributed by atoms with Gasteiger partial charge in [0.05, 0.1) is 0 Å². The molecule has 0 aromatic heterocycles. The average Bonchev–Trinajstić information content (AvgIpc) is 2.67. The molecule has 2 aliphatic heterocycles. The van der Waals surface area contributed by atoms with Gasteiger partial charge in [-0.2, -0.15) is 0 Å². The van der Waals surface area contributed by atoms with Crippen LogP contribution in [0.25, 0.3) is 0 Å². The summed E-state index contributed by atoms with van der Waals surface area (Å²) >= 11 is 6.04. The lowest BCUT2D eigenvalue weighted by Crippen LogP contribution is -2.67. The van der Waals surface area contributed by atoms with Crippen LogP contribution in [0.5, 0.6) is 0 Å². The minimum absolute atomic E-state index is 0.0838. The Morgan fingerprint density at radius 2 is 2.00 bits per heavy atom. The predicted octanol–water partition coefficient (Wildman–Crippen LogP) is 0.448. The Kier molecular flexibility index (Phi) is 6.09. The maximum Gasteiger partial charge on any atom is 0.278 e. The molecule has 2 heterocycles. The highest BCUT2D eigenvalue weighted by Crippen LogP contribution is 2.33. The highest BCUT2D eigenvalue weighted by molar-refractivity contribution is 7.89. The number of benzene rings is 1. The Labute approximate surface area is 163 Å². The first-order valence-electron chi connectivity index (χ1n) is 8.91. The number of amides is 1. The van der Waals surface area contributed by atoms with Gasteiger partial charge in [-0.1, -0.05) is 23.7 Å². The second-order valence-electron chi connectivity index (χ2n) is 7.09. The molecule has 1 aromatic carbocycles. The van der Waals surface area contributed by atoms with Gasteiger partial charge in [-0.25, -0.2) is 18.2 Å². The van der Waals surface area contributed by atoms with E-state index >= 15 is 0 Å². The number of hydrogen-bond acceptors (Lipinski definition) is 6. The Balaban J connectivity index is 1.75. The number of β-amino-alcohol motifs (C(OH)–C–C–N with tert-alkyl or cyclic N) is 1. The molecule has 1 aromatic rings. The fraction of sp³-hybridized carbons (Fsp3) is 0.588. The van der Waals surface area contributed by atoms with Crippen molar-refractivity contribution in [3.63, 3.8) is 0 Å². The number of aliphatic hydroxyl groups is 1. The van der Waals surface area contributed by atoms with E-state index in [0.29, 0.717) is 37.5 Å². The number of nitrogens with zero attached hydrogens (tertiary/aromatic N) is 1. The maximum atomic E-state index is 13.1. The SMILES string of the molecule is O=C(NO)C1(O)CNCCC1S(=O)(=O)N1CCC(c2cccc(Cl)c2)CC1. The quantitative estimate of drug-likeness (QED) is 0.417. The standard InChI is InChI=1S/C17H24ClN3O5S/c18-14-3-1-2-13(10-14)12-5-8-21(9-6-12)27(25,26)15-4-7-19-11-17(15,23)16(22)20-24/h1-3,10,12,15,19,23-24H,4-9,11H2,(H,20,22). The van der Waals surface area contributed by atoms with Crippen molar-refractivity contribution in [2.45, 2.75) is 36.0 Å². The zero-order valence-electron chi connectivity index (χ0n) is 14.8. The van der Waals surface area contributed by atoms with Gasteiger partial charge in [0, 0.05) is 24.7 Å². The number of rotatable bonds is 4. The number of carbonyl (C=O) groups excluding carboxylic acids is 1. The molecule has 2 saturated heterocycles. The van der Waals surface area contributed by atoms with Crippen molar-refractivity contribution in [1.82, 2.24) is 15.1 Å². The molecule has 0 spiro atoms. The highest BCUT2D eigenvalue weighted by atomic mass is 35.5. The van der Waals surface area contributed by atoms with Crippen molar-refractivity contribution in [2.24, 2.45) is 0 Å². The van der Waals surface area contributed by atoms with Gasteiger partial charge in [-0.05, 0) is 49.4 Å². The van der Waals surface area contributed by atoms with Crippen LogP contribution in [-0.4, -0.2) is 66.0 Å². The summed E-state index contributed by atoms with van der Waals surface area (Å²) in [6.45, 7) is 0.743. The summed E-state index contributed by atoms with van der Waals surface area (Å²) in [4.78, 5) is 12.0.